The lowest BCUT2D eigenvalue weighted by atomic mass is 10.0. The predicted octanol–water partition coefficient (Wildman–Crippen LogP) is 8.60. The van der Waals surface area contributed by atoms with Crippen LogP contribution in [0.1, 0.15) is 5.56 Å². The molecule has 0 fully saturated rings. The molecule has 0 unspecified atom stereocenters. The second kappa shape index (κ2) is 9.92. The van der Waals surface area contributed by atoms with E-state index in [0.29, 0.717) is 11.3 Å². The number of rotatable bonds is 5. The van der Waals surface area contributed by atoms with Crippen molar-refractivity contribution in [3.63, 3.8) is 0 Å². The molecule has 5 aromatic carbocycles. The van der Waals surface area contributed by atoms with Crippen molar-refractivity contribution in [2.24, 2.45) is 4.99 Å². The molecule has 1 aromatic heterocycles. The number of hydrogen-bond acceptors (Lipinski definition) is 5. The summed E-state index contributed by atoms with van der Waals surface area (Å²) in [6, 6.07) is 32.5. The quantitative estimate of drug-likeness (QED) is 0.226. The molecule has 6 heteroatoms. The van der Waals surface area contributed by atoms with Crippen LogP contribution in [0.5, 0.6) is 11.5 Å². The summed E-state index contributed by atoms with van der Waals surface area (Å²) in [5.41, 5.74) is 6.44. The summed E-state index contributed by atoms with van der Waals surface area (Å²) < 4.78 is 14.2. The zero-order valence-corrected chi connectivity index (χ0v) is 20.9. The fourth-order valence-corrected chi connectivity index (χ4v) is 5.41. The van der Waals surface area contributed by atoms with Crippen molar-refractivity contribution >= 4 is 33.5 Å². The van der Waals surface area contributed by atoms with Crippen LogP contribution in [-0.2, 0) is 0 Å². The van der Waals surface area contributed by atoms with Gasteiger partial charge in [-0.1, -0.05) is 60.7 Å². The Morgan fingerprint density at radius 1 is 0.711 bits per heavy atom. The van der Waals surface area contributed by atoms with Gasteiger partial charge in [0.1, 0.15) is 22.3 Å². The summed E-state index contributed by atoms with van der Waals surface area (Å²) in [6.07, 6.45) is 1.62. The zero-order chi connectivity index (χ0) is 26.1. The Hall–Kier alpha value is -4.81. The second-order valence-electron chi connectivity index (χ2n) is 8.78. The predicted molar refractivity (Wildman–Crippen MR) is 153 cm³/mol. The molecule has 4 nitrogen and oxygen atoms in total. The summed E-state index contributed by atoms with van der Waals surface area (Å²) in [7, 11) is 0. The molecule has 2 N–H and O–H groups in total. The van der Waals surface area contributed by atoms with Crippen LogP contribution in [0.25, 0.3) is 43.0 Å². The van der Waals surface area contributed by atoms with Crippen LogP contribution >= 0.6 is 11.3 Å². The molecular formula is C32H21FN2O2S. The molecule has 0 spiro atoms. The van der Waals surface area contributed by atoms with Gasteiger partial charge in [-0.05, 0) is 65.2 Å². The Morgan fingerprint density at radius 2 is 1.45 bits per heavy atom. The number of fused-ring (bicyclic) bond motifs is 1. The highest BCUT2D eigenvalue weighted by Gasteiger charge is 2.15. The normalized spacial score (nSPS) is 11.4. The van der Waals surface area contributed by atoms with Crippen molar-refractivity contribution < 1.29 is 14.6 Å². The monoisotopic (exact) mass is 516 g/mol. The van der Waals surface area contributed by atoms with Gasteiger partial charge in [0.25, 0.3) is 0 Å². The molecule has 0 saturated heterocycles. The first-order valence-electron chi connectivity index (χ1n) is 12.0. The van der Waals surface area contributed by atoms with E-state index >= 15 is 0 Å². The largest absolute Gasteiger partial charge is 0.508 e. The molecule has 0 aliphatic carbocycles. The van der Waals surface area contributed by atoms with Gasteiger partial charge >= 0.3 is 0 Å². The van der Waals surface area contributed by atoms with Gasteiger partial charge in [-0.3, -0.25) is 4.99 Å². The van der Waals surface area contributed by atoms with Crippen molar-refractivity contribution in [2.75, 3.05) is 0 Å². The fourth-order valence-electron chi connectivity index (χ4n) is 4.35. The maximum Gasteiger partial charge on any atom is 0.126 e. The SMILES string of the molecule is Oc1cc(-c2ccccc2)c2nc(-c3ccccc3N=Cc3cc(-c4ccc(F)cc4)ccc3O)sc2c1. The number of phenolic OH excluding ortho intramolecular Hbond substituents is 2. The standard InChI is InChI=1S/C32H21FN2O2S/c33-24-13-10-20(11-14-24)22-12-15-29(37)23(16-22)19-34-28-9-5-4-8-26(28)32-35-31-27(21-6-2-1-3-7-21)17-25(36)18-30(31)38-32/h1-19,36-37H. The van der Waals surface area contributed by atoms with E-state index in [4.69, 9.17) is 9.98 Å². The number of benzene rings is 5. The maximum atomic E-state index is 13.4. The number of aromatic nitrogens is 1. The third kappa shape index (κ3) is 4.65. The summed E-state index contributed by atoms with van der Waals surface area (Å²) in [5, 5.41) is 21.6. The van der Waals surface area contributed by atoms with Gasteiger partial charge in [-0.25, -0.2) is 9.37 Å². The zero-order valence-electron chi connectivity index (χ0n) is 20.0. The van der Waals surface area contributed by atoms with Gasteiger partial charge in [0.15, 0.2) is 0 Å². The average Bonchev–Trinajstić information content (AvgIpc) is 3.37. The molecule has 0 aliphatic rings. The number of thiazole rings is 1. The van der Waals surface area contributed by atoms with E-state index in [2.05, 4.69) is 0 Å². The van der Waals surface area contributed by atoms with E-state index in [9.17, 15) is 14.6 Å². The smallest absolute Gasteiger partial charge is 0.126 e. The minimum absolute atomic E-state index is 0.0973. The molecule has 184 valence electrons. The molecule has 38 heavy (non-hydrogen) atoms. The van der Waals surface area contributed by atoms with Gasteiger partial charge in [0, 0.05) is 22.9 Å². The van der Waals surface area contributed by atoms with Gasteiger partial charge in [-0.2, -0.15) is 0 Å². The van der Waals surface area contributed by atoms with E-state index in [-0.39, 0.29) is 17.3 Å². The molecule has 6 aromatic rings. The van der Waals surface area contributed by atoms with Crippen molar-refractivity contribution in [1.82, 2.24) is 4.98 Å². The Morgan fingerprint density at radius 3 is 2.26 bits per heavy atom. The number of hydrogen-bond donors (Lipinski definition) is 2. The fraction of sp³-hybridized carbons (Fsp3) is 0. The molecule has 0 radical (unpaired) electrons. The van der Waals surface area contributed by atoms with E-state index in [1.165, 1.54) is 23.5 Å². The Bertz CT molecular complexity index is 1790. The number of aliphatic imine (C=N–C) groups is 1. The highest BCUT2D eigenvalue weighted by Crippen LogP contribution is 2.41. The lowest BCUT2D eigenvalue weighted by Crippen LogP contribution is -1.86. The van der Waals surface area contributed by atoms with Crippen molar-refractivity contribution in [3.8, 4) is 44.3 Å². The van der Waals surface area contributed by atoms with Crippen molar-refractivity contribution in [2.45, 2.75) is 0 Å². The molecule has 0 bridgehead atoms. The molecule has 6 rings (SSSR count). The maximum absolute atomic E-state index is 13.4. The van der Waals surface area contributed by atoms with Crippen LogP contribution in [0.2, 0.25) is 0 Å². The summed E-state index contributed by atoms with van der Waals surface area (Å²) in [5.74, 6) is -0.0127. The highest BCUT2D eigenvalue weighted by molar-refractivity contribution is 7.21. The Balaban J connectivity index is 1.39. The van der Waals surface area contributed by atoms with Crippen LogP contribution in [0.15, 0.2) is 114 Å². The first kappa shape index (κ1) is 23.6. The van der Waals surface area contributed by atoms with Gasteiger partial charge in [0.05, 0.1) is 15.9 Å². The van der Waals surface area contributed by atoms with E-state index in [1.807, 2.05) is 60.7 Å². The van der Waals surface area contributed by atoms with Crippen LogP contribution in [0.4, 0.5) is 10.1 Å². The van der Waals surface area contributed by atoms with Crippen molar-refractivity contribution in [3.05, 3.63) is 121 Å². The Labute approximate surface area is 222 Å². The highest BCUT2D eigenvalue weighted by atomic mass is 32.1. The summed E-state index contributed by atoms with van der Waals surface area (Å²) >= 11 is 1.49. The Kier molecular flexibility index (Phi) is 6.15. The third-order valence-electron chi connectivity index (χ3n) is 6.25. The average molecular weight is 517 g/mol. The molecule has 1 heterocycles. The second-order valence-corrected chi connectivity index (χ2v) is 9.81. The van der Waals surface area contributed by atoms with Crippen LogP contribution in [0.3, 0.4) is 0 Å². The minimum Gasteiger partial charge on any atom is -0.508 e. The number of para-hydroxylation sites is 1. The molecule has 0 amide bonds. The van der Waals surface area contributed by atoms with E-state index in [0.717, 1.165) is 43.0 Å². The van der Waals surface area contributed by atoms with Crippen LogP contribution < -0.4 is 0 Å². The third-order valence-corrected chi connectivity index (χ3v) is 7.28. The number of halogens is 1. The van der Waals surface area contributed by atoms with Crippen LogP contribution in [0, 0.1) is 5.82 Å². The van der Waals surface area contributed by atoms with Gasteiger partial charge in [-0.15, -0.1) is 11.3 Å². The van der Waals surface area contributed by atoms with E-state index in [1.54, 1.807) is 42.6 Å². The summed E-state index contributed by atoms with van der Waals surface area (Å²) in [4.78, 5) is 9.65. The number of aromatic hydroxyl groups is 2. The first-order chi connectivity index (χ1) is 18.5. The number of phenols is 2. The van der Waals surface area contributed by atoms with E-state index < -0.39 is 0 Å². The summed E-state index contributed by atoms with van der Waals surface area (Å²) in [6.45, 7) is 0. The first-order valence-corrected chi connectivity index (χ1v) is 12.8. The van der Waals surface area contributed by atoms with Crippen molar-refractivity contribution in [1.29, 1.82) is 0 Å². The van der Waals surface area contributed by atoms with Crippen LogP contribution in [-0.4, -0.2) is 21.4 Å². The molecule has 0 aliphatic heterocycles. The van der Waals surface area contributed by atoms with Gasteiger partial charge in [0.2, 0.25) is 0 Å². The molecule has 0 saturated carbocycles. The topological polar surface area (TPSA) is 65.7 Å². The lowest BCUT2D eigenvalue weighted by molar-refractivity contribution is 0.474. The number of nitrogens with zero attached hydrogens (tertiary/aromatic N) is 2. The van der Waals surface area contributed by atoms with Gasteiger partial charge < -0.3 is 10.2 Å². The lowest BCUT2D eigenvalue weighted by Gasteiger charge is -2.06. The minimum atomic E-state index is -0.299. The molecular weight excluding hydrogens is 495 g/mol. The molecule has 0 atom stereocenters.